The Morgan fingerprint density at radius 3 is 2.71 bits per heavy atom. The molecule has 3 heterocycles. The summed E-state index contributed by atoms with van der Waals surface area (Å²) in [6, 6.07) is 0.551. The van der Waals surface area contributed by atoms with Gasteiger partial charge in [-0.05, 0) is 14.0 Å². The number of fused-ring (bicyclic) bond motifs is 5. The molecule has 3 atom stereocenters. The molecule has 2 aliphatic heterocycles. The van der Waals surface area contributed by atoms with Crippen molar-refractivity contribution in [3.8, 4) is 17.2 Å². The molecule has 2 aliphatic rings. The number of phenolic OH excluding ortho intramolecular Hbond substituents is 2. The summed E-state index contributed by atoms with van der Waals surface area (Å²) in [5.74, 6) is 0.216. The minimum atomic E-state index is -0.885. The predicted molar refractivity (Wildman–Crippen MR) is 85.2 cm³/mol. The van der Waals surface area contributed by atoms with Gasteiger partial charge in [0.05, 0.1) is 24.1 Å². The topological polar surface area (TPSA) is 110 Å². The van der Waals surface area contributed by atoms with E-state index in [2.05, 4.69) is 4.90 Å². The van der Waals surface area contributed by atoms with Gasteiger partial charge >= 0.3 is 6.09 Å². The molecule has 0 spiro atoms. The summed E-state index contributed by atoms with van der Waals surface area (Å²) < 4.78 is 12.2. The second kappa shape index (κ2) is 4.70. The largest absolute Gasteiger partial charge is 0.505 e. The van der Waals surface area contributed by atoms with E-state index in [1.54, 1.807) is 6.92 Å². The molecular formula is C16H19N3O5. The SMILES string of the molecule is COc1c(C)c(O)c2c(c1O)c(COC(N)=O)c1n2C[C@@H]2[C@H]1N2C. The number of amides is 1. The quantitative estimate of drug-likeness (QED) is 0.577. The summed E-state index contributed by atoms with van der Waals surface area (Å²) in [5.41, 5.74) is 7.72. The first-order valence-electron chi connectivity index (χ1n) is 7.66. The molecule has 128 valence electrons. The van der Waals surface area contributed by atoms with E-state index in [-0.39, 0.29) is 29.9 Å². The molecule has 8 nitrogen and oxygen atoms in total. The van der Waals surface area contributed by atoms with Crippen molar-refractivity contribution in [2.45, 2.75) is 32.2 Å². The van der Waals surface area contributed by atoms with Crippen molar-refractivity contribution in [1.82, 2.24) is 9.47 Å². The second-order valence-electron chi connectivity index (χ2n) is 6.34. The monoisotopic (exact) mass is 333 g/mol. The number of nitrogens with zero attached hydrogens (tertiary/aromatic N) is 2. The van der Waals surface area contributed by atoms with Crippen molar-refractivity contribution >= 4 is 17.0 Å². The van der Waals surface area contributed by atoms with Crippen molar-refractivity contribution in [1.29, 1.82) is 0 Å². The van der Waals surface area contributed by atoms with E-state index in [0.717, 1.165) is 5.69 Å². The van der Waals surface area contributed by atoms with Gasteiger partial charge in [0.25, 0.3) is 0 Å². The van der Waals surface area contributed by atoms with E-state index in [1.807, 2.05) is 11.6 Å². The van der Waals surface area contributed by atoms with Crippen molar-refractivity contribution in [2.75, 3.05) is 14.2 Å². The molecule has 1 unspecified atom stereocenters. The maximum atomic E-state index is 11.1. The maximum absolute atomic E-state index is 11.1. The Hall–Kier alpha value is -2.61. The third-order valence-corrected chi connectivity index (χ3v) is 5.23. The van der Waals surface area contributed by atoms with Crippen molar-refractivity contribution < 1.29 is 24.5 Å². The first-order chi connectivity index (χ1) is 11.4. The molecule has 1 aromatic carbocycles. The van der Waals surface area contributed by atoms with E-state index < -0.39 is 6.09 Å². The first-order valence-corrected chi connectivity index (χ1v) is 7.66. The molecule has 4 N–H and O–H groups in total. The highest BCUT2D eigenvalue weighted by Crippen LogP contribution is 2.56. The Kier molecular flexibility index (Phi) is 2.93. The molecular weight excluding hydrogens is 314 g/mol. The van der Waals surface area contributed by atoms with E-state index in [4.69, 9.17) is 15.2 Å². The molecule has 2 aromatic rings. The van der Waals surface area contributed by atoms with Crippen LogP contribution in [0.5, 0.6) is 17.2 Å². The highest BCUT2D eigenvalue weighted by Gasteiger charge is 2.54. The summed E-state index contributed by atoms with van der Waals surface area (Å²) >= 11 is 0. The smallest absolute Gasteiger partial charge is 0.404 e. The highest BCUT2D eigenvalue weighted by molar-refractivity contribution is 5.99. The Bertz CT molecular complexity index is 888. The lowest BCUT2D eigenvalue weighted by Gasteiger charge is -2.13. The Balaban J connectivity index is 2.03. The standard InChI is InChI=1S/C16H19N3O5/c1-6-13(20)12-9(14(21)15(6)23-3)7(5-24-16(17)22)10-11-8(18(11)2)4-19(10)12/h8,11,20-21H,4-5H2,1-3H3,(H2,17,22)/t8-,11-,18?/m1/s1. The van der Waals surface area contributed by atoms with Gasteiger partial charge in [0.15, 0.2) is 11.5 Å². The number of aromatic nitrogens is 1. The van der Waals surface area contributed by atoms with Crippen LogP contribution in [-0.4, -0.2) is 46.0 Å². The van der Waals surface area contributed by atoms with E-state index in [1.165, 1.54) is 7.11 Å². The average Bonchev–Trinajstić information content (AvgIpc) is 2.89. The van der Waals surface area contributed by atoms with Gasteiger partial charge in [0.1, 0.15) is 12.4 Å². The number of primary amides is 1. The third-order valence-electron chi connectivity index (χ3n) is 5.23. The molecule has 24 heavy (non-hydrogen) atoms. The molecule has 0 bridgehead atoms. The fourth-order valence-corrected chi connectivity index (χ4v) is 4.03. The van der Waals surface area contributed by atoms with Crippen molar-refractivity contribution in [3.05, 3.63) is 16.8 Å². The minimum absolute atomic E-state index is 0.0624. The summed E-state index contributed by atoms with van der Waals surface area (Å²) in [6.45, 7) is 2.33. The Labute approximate surface area is 138 Å². The summed E-state index contributed by atoms with van der Waals surface area (Å²) in [7, 11) is 3.45. The van der Waals surface area contributed by atoms with Gasteiger partial charge in [-0.2, -0.15) is 0 Å². The van der Waals surface area contributed by atoms with Crippen LogP contribution in [0.3, 0.4) is 0 Å². The number of carbonyl (C=O) groups is 1. The van der Waals surface area contributed by atoms with Crippen LogP contribution in [0.25, 0.3) is 10.9 Å². The van der Waals surface area contributed by atoms with Gasteiger partial charge in [-0.1, -0.05) is 0 Å². The van der Waals surface area contributed by atoms with Gasteiger partial charge in [0, 0.05) is 29.4 Å². The van der Waals surface area contributed by atoms with Crippen LogP contribution in [-0.2, 0) is 17.9 Å². The van der Waals surface area contributed by atoms with Crippen LogP contribution >= 0.6 is 0 Å². The van der Waals surface area contributed by atoms with Crippen LogP contribution in [0.15, 0.2) is 0 Å². The van der Waals surface area contributed by atoms with Gasteiger partial charge in [-0.15, -0.1) is 0 Å². The summed E-state index contributed by atoms with van der Waals surface area (Å²) in [6.07, 6.45) is -0.885. The molecule has 0 saturated carbocycles. The van der Waals surface area contributed by atoms with Crippen LogP contribution in [0.4, 0.5) is 4.79 Å². The number of hydrogen-bond donors (Lipinski definition) is 3. The van der Waals surface area contributed by atoms with Crippen LogP contribution in [0.1, 0.15) is 22.9 Å². The zero-order valence-corrected chi connectivity index (χ0v) is 13.7. The molecule has 8 heteroatoms. The lowest BCUT2D eigenvalue weighted by Crippen LogP contribution is -2.13. The van der Waals surface area contributed by atoms with Gasteiger partial charge in [-0.25, -0.2) is 4.79 Å². The number of likely N-dealkylation sites (N-methyl/N-ethyl adjacent to an activating group) is 1. The van der Waals surface area contributed by atoms with Gasteiger partial charge in [0.2, 0.25) is 0 Å². The fourth-order valence-electron chi connectivity index (χ4n) is 4.03. The normalized spacial score (nSPS) is 23.9. The second-order valence-corrected chi connectivity index (χ2v) is 6.34. The molecule has 1 amide bonds. The molecule has 0 aliphatic carbocycles. The van der Waals surface area contributed by atoms with Crippen LogP contribution < -0.4 is 10.5 Å². The third kappa shape index (κ3) is 1.68. The van der Waals surface area contributed by atoms with Crippen LogP contribution in [0.2, 0.25) is 0 Å². The summed E-state index contributed by atoms with van der Waals surface area (Å²) in [5, 5.41) is 21.8. The number of carbonyl (C=O) groups excluding carboxylic acids is 1. The van der Waals surface area contributed by atoms with Gasteiger partial charge in [-0.3, -0.25) is 4.90 Å². The number of rotatable bonds is 3. The summed E-state index contributed by atoms with van der Waals surface area (Å²) in [4.78, 5) is 13.3. The lowest BCUT2D eigenvalue weighted by molar-refractivity contribution is 0.150. The van der Waals surface area contributed by atoms with Crippen LogP contribution in [0, 0.1) is 6.92 Å². The van der Waals surface area contributed by atoms with Gasteiger partial charge < -0.3 is 30.0 Å². The molecule has 1 fully saturated rings. The van der Waals surface area contributed by atoms with E-state index in [9.17, 15) is 15.0 Å². The number of benzene rings is 1. The lowest BCUT2D eigenvalue weighted by atomic mass is 10.0. The number of methoxy groups -OCH3 is 1. The zero-order valence-electron chi connectivity index (χ0n) is 13.7. The van der Waals surface area contributed by atoms with E-state index in [0.29, 0.717) is 34.6 Å². The maximum Gasteiger partial charge on any atom is 0.404 e. The predicted octanol–water partition coefficient (Wildman–Crippen LogP) is 1.33. The average molecular weight is 333 g/mol. The first kappa shape index (κ1) is 14.9. The number of phenols is 2. The Morgan fingerprint density at radius 1 is 1.38 bits per heavy atom. The van der Waals surface area contributed by atoms with Crippen molar-refractivity contribution in [3.63, 3.8) is 0 Å². The van der Waals surface area contributed by atoms with E-state index >= 15 is 0 Å². The molecule has 1 saturated heterocycles. The fraction of sp³-hybridized carbons (Fsp3) is 0.438. The molecule has 1 aromatic heterocycles. The zero-order chi connectivity index (χ0) is 17.3. The number of nitrogens with two attached hydrogens (primary N) is 1. The molecule has 4 rings (SSSR count). The van der Waals surface area contributed by atoms with Crippen molar-refractivity contribution in [2.24, 2.45) is 5.73 Å². The minimum Gasteiger partial charge on any atom is -0.505 e. The highest BCUT2D eigenvalue weighted by atomic mass is 16.5. The number of ether oxygens (including phenoxy) is 2. The number of aromatic hydroxyl groups is 2. The number of hydrogen-bond acceptors (Lipinski definition) is 6. The molecule has 0 radical (unpaired) electrons. The Morgan fingerprint density at radius 2 is 2.08 bits per heavy atom.